The van der Waals surface area contributed by atoms with Crippen molar-refractivity contribution < 1.29 is 0 Å². The Labute approximate surface area is 97.1 Å². The van der Waals surface area contributed by atoms with Gasteiger partial charge in [0.1, 0.15) is 11.3 Å². The number of hydrogen-bond acceptors (Lipinski definition) is 4. The molecule has 0 aliphatic carbocycles. The van der Waals surface area contributed by atoms with Crippen LogP contribution in [0.1, 0.15) is 32.0 Å². The number of aromatic nitrogens is 4. The monoisotopic (exact) mass is 234 g/mol. The van der Waals surface area contributed by atoms with Crippen LogP contribution in [0.4, 0.5) is 0 Å². The van der Waals surface area contributed by atoms with Crippen molar-refractivity contribution in [1.29, 1.82) is 0 Å². The first kappa shape index (κ1) is 11.5. The fourth-order valence-electron chi connectivity index (χ4n) is 1.65. The van der Waals surface area contributed by atoms with Crippen LogP contribution in [-0.4, -0.2) is 20.2 Å². The van der Waals surface area contributed by atoms with Crippen LogP contribution in [-0.2, 0) is 6.42 Å². The van der Waals surface area contributed by atoms with Gasteiger partial charge in [-0.25, -0.2) is 9.97 Å². The molecule has 0 aliphatic rings. The highest BCUT2D eigenvalue weighted by atomic mass is 16.1. The number of nitrogens with one attached hydrogen (secondary N) is 2. The van der Waals surface area contributed by atoms with Crippen LogP contribution in [0, 0.1) is 0 Å². The maximum absolute atomic E-state index is 11.5. The van der Waals surface area contributed by atoms with Gasteiger partial charge in [-0.05, 0) is 6.42 Å². The van der Waals surface area contributed by atoms with Gasteiger partial charge in [-0.2, -0.15) is 0 Å². The number of H-pyrrole nitrogens is 2. The van der Waals surface area contributed by atoms with Gasteiger partial charge >= 0.3 is 0 Å². The highest BCUT2D eigenvalue weighted by Crippen LogP contribution is 2.04. The highest BCUT2D eigenvalue weighted by molar-refractivity contribution is 5.74. The molecule has 0 unspecified atom stereocenters. The Morgan fingerprint density at radius 2 is 1.94 bits per heavy atom. The van der Waals surface area contributed by atoms with Crippen LogP contribution in [0.3, 0.4) is 0 Å². The Morgan fingerprint density at radius 3 is 2.71 bits per heavy atom. The minimum absolute atomic E-state index is 0.162. The summed E-state index contributed by atoms with van der Waals surface area (Å²) in [5.41, 5.74) is -0.603. The fraction of sp³-hybridized carbons (Fsp3) is 0.455. The Morgan fingerprint density at radius 1 is 1.18 bits per heavy atom. The number of hydrogen-bond donors (Lipinski definition) is 2. The highest BCUT2D eigenvalue weighted by Gasteiger charge is 2.06. The maximum Gasteiger partial charge on any atom is 0.289 e. The van der Waals surface area contributed by atoms with Crippen molar-refractivity contribution in [2.24, 2.45) is 0 Å². The van der Waals surface area contributed by atoms with E-state index in [0.717, 1.165) is 25.7 Å². The molecular weight excluding hydrogens is 220 g/mol. The molecule has 2 rings (SSSR count). The lowest BCUT2D eigenvalue weighted by Gasteiger charge is -2.00. The summed E-state index contributed by atoms with van der Waals surface area (Å²) in [5, 5.41) is 4.72. The van der Waals surface area contributed by atoms with Crippen LogP contribution < -0.4 is 11.1 Å². The van der Waals surface area contributed by atoms with Gasteiger partial charge < -0.3 is 0 Å². The molecule has 0 saturated heterocycles. The molecule has 0 saturated carbocycles. The van der Waals surface area contributed by atoms with E-state index in [-0.39, 0.29) is 16.5 Å². The quantitative estimate of drug-likeness (QED) is 0.763. The average molecular weight is 234 g/mol. The second-order valence-electron chi connectivity index (χ2n) is 3.91. The molecule has 2 N–H and O–H groups in total. The van der Waals surface area contributed by atoms with Gasteiger partial charge in [-0.3, -0.25) is 19.8 Å². The summed E-state index contributed by atoms with van der Waals surface area (Å²) in [5.74, 6) is 0.613. The van der Waals surface area contributed by atoms with Crippen LogP contribution in [0.25, 0.3) is 10.9 Å². The second-order valence-corrected chi connectivity index (χ2v) is 3.91. The second kappa shape index (κ2) is 4.90. The standard InChI is InChI=1S/C11H14N4O2/c1-2-3-4-5-8-12-6-7-9(13-8)11(17)15-14-10(7)16/h6H,2-5H2,1H3,(H,14,16)(H,15,17). The molecule has 6 nitrogen and oxygen atoms in total. The van der Waals surface area contributed by atoms with E-state index in [2.05, 4.69) is 27.1 Å². The normalized spacial score (nSPS) is 10.9. The number of rotatable bonds is 4. The smallest absolute Gasteiger partial charge is 0.267 e. The summed E-state index contributed by atoms with van der Waals surface area (Å²) in [6.45, 7) is 2.12. The number of aryl methyl sites for hydroxylation is 1. The summed E-state index contributed by atoms with van der Waals surface area (Å²) in [6.07, 6.45) is 5.36. The van der Waals surface area contributed by atoms with E-state index < -0.39 is 5.56 Å². The molecule has 0 fully saturated rings. The summed E-state index contributed by atoms with van der Waals surface area (Å²) in [6, 6.07) is 0. The van der Waals surface area contributed by atoms with Crippen molar-refractivity contribution in [2.45, 2.75) is 32.6 Å². The Bertz CT molecular complexity index is 629. The van der Waals surface area contributed by atoms with E-state index >= 15 is 0 Å². The van der Waals surface area contributed by atoms with Gasteiger partial charge in [0.2, 0.25) is 0 Å². The van der Waals surface area contributed by atoms with Crippen molar-refractivity contribution in [3.8, 4) is 0 Å². The predicted octanol–water partition coefficient (Wildman–Crippen LogP) is 0.739. The number of unbranched alkanes of at least 4 members (excludes halogenated alkanes) is 2. The number of nitrogens with zero attached hydrogens (tertiary/aromatic N) is 2. The molecule has 0 radical (unpaired) electrons. The first-order chi connectivity index (χ1) is 8.22. The van der Waals surface area contributed by atoms with Gasteiger partial charge in [0.15, 0.2) is 0 Å². The van der Waals surface area contributed by atoms with Gasteiger partial charge in [0, 0.05) is 12.6 Å². The molecule has 0 atom stereocenters. The van der Waals surface area contributed by atoms with Crippen molar-refractivity contribution in [3.05, 3.63) is 32.7 Å². The molecule has 90 valence electrons. The molecule has 2 heterocycles. The molecule has 6 heteroatoms. The summed E-state index contributed by atoms with van der Waals surface area (Å²) >= 11 is 0. The summed E-state index contributed by atoms with van der Waals surface area (Å²) in [4.78, 5) is 31.1. The van der Waals surface area contributed by atoms with Gasteiger partial charge in [0.05, 0.1) is 5.39 Å². The Balaban J connectivity index is 2.40. The summed E-state index contributed by atoms with van der Waals surface area (Å²) < 4.78 is 0. The third-order valence-electron chi connectivity index (χ3n) is 2.59. The number of aromatic amines is 2. The van der Waals surface area contributed by atoms with Crippen molar-refractivity contribution >= 4 is 10.9 Å². The van der Waals surface area contributed by atoms with Gasteiger partial charge in [-0.15, -0.1) is 0 Å². The van der Waals surface area contributed by atoms with Crippen molar-refractivity contribution in [3.63, 3.8) is 0 Å². The van der Waals surface area contributed by atoms with Crippen LogP contribution in [0.15, 0.2) is 15.8 Å². The van der Waals surface area contributed by atoms with E-state index in [1.165, 1.54) is 6.20 Å². The Hall–Kier alpha value is -1.98. The molecule has 0 amide bonds. The van der Waals surface area contributed by atoms with Crippen LogP contribution in [0.2, 0.25) is 0 Å². The molecule has 0 spiro atoms. The van der Waals surface area contributed by atoms with E-state index in [1.807, 2.05) is 0 Å². The number of fused-ring (bicyclic) bond motifs is 1. The van der Waals surface area contributed by atoms with Gasteiger partial charge in [-0.1, -0.05) is 19.8 Å². The van der Waals surface area contributed by atoms with E-state index in [9.17, 15) is 9.59 Å². The van der Waals surface area contributed by atoms with Crippen molar-refractivity contribution in [2.75, 3.05) is 0 Å². The molecule has 0 bridgehead atoms. The minimum atomic E-state index is -0.390. The minimum Gasteiger partial charge on any atom is -0.267 e. The lowest BCUT2D eigenvalue weighted by Crippen LogP contribution is -2.20. The van der Waals surface area contributed by atoms with E-state index in [4.69, 9.17) is 0 Å². The molecule has 2 aromatic heterocycles. The molecule has 2 aromatic rings. The lowest BCUT2D eigenvalue weighted by atomic mass is 10.2. The van der Waals surface area contributed by atoms with E-state index in [1.54, 1.807) is 0 Å². The zero-order chi connectivity index (χ0) is 12.3. The molecule has 0 aromatic carbocycles. The Kier molecular flexibility index (Phi) is 3.32. The summed E-state index contributed by atoms with van der Waals surface area (Å²) in [7, 11) is 0. The first-order valence-corrected chi connectivity index (χ1v) is 5.69. The lowest BCUT2D eigenvalue weighted by molar-refractivity contribution is 0.695. The SMILES string of the molecule is CCCCCc1ncc2c(=O)[nH][nH]c(=O)c2n1. The largest absolute Gasteiger partial charge is 0.289 e. The van der Waals surface area contributed by atoms with Crippen molar-refractivity contribution in [1.82, 2.24) is 20.2 Å². The zero-order valence-electron chi connectivity index (χ0n) is 9.62. The predicted molar refractivity (Wildman–Crippen MR) is 64.0 cm³/mol. The fourth-order valence-corrected chi connectivity index (χ4v) is 1.65. The maximum atomic E-state index is 11.5. The average Bonchev–Trinajstić information content (AvgIpc) is 2.34. The zero-order valence-corrected chi connectivity index (χ0v) is 9.62. The van der Waals surface area contributed by atoms with Crippen LogP contribution in [0.5, 0.6) is 0 Å². The molecule has 0 aliphatic heterocycles. The molecular formula is C11H14N4O2. The van der Waals surface area contributed by atoms with Gasteiger partial charge in [0.25, 0.3) is 11.1 Å². The third-order valence-corrected chi connectivity index (χ3v) is 2.59. The first-order valence-electron chi connectivity index (χ1n) is 5.69. The molecule has 17 heavy (non-hydrogen) atoms. The third kappa shape index (κ3) is 2.41. The van der Waals surface area contributed by atoms with Crippen LogP contribution >= 0.6 is 0 Å². The van der Waals surface area contributed by atoms with E-state index in [0.29, 0.717) is 5.82 Å². The topological polar surface area (TPSA) is 91.5 Å².